The fraction of sp³-hybridized carbons (Fsp3) is 0.350. The van der Waals surface area contributed by atoms with Gasteiger partial charge in [0.1, 0.15) is 23.9 Å². The topological polar surface area (TPSA) is 56.8 Å². The van der Waals surface area contributed by atoms with Gasteiger partial charge in [-0.25, -0.2) is 0 Å². The lowest BCUT2D eigenvalue weighted by Gasteiger charge is -2.11. The Hall–Kier alpha value is -1.99. The Labute approximate surface area is 168 Å². The third-order valence-corrected chi connectivity index (χ3v) is 7.00. The quantitative estimate of drug-likeness (QED) is 0.642. The van der Waals surface area contributed by atoms with Crippen LogP contribution in [0.4, 0.5) is 0 Å². The van der Waals surface area contributed by atoms with Crippen LogP contribution in [0.1, 0.15) is 10.1 Å². The molecule has 1 heterocycles. The van der Waals surface area contributed by atoms with Gasteiger partial charge < -0.3 is 19.5 Å². The molecule has 0 radical (unpaired) electrons. The van der Waals surface area contributed by atoms with Crippen LogP contribution >= 0.6 is 23.5 Å². The molecule has 0 bridgehead atoms. The first-order valence-corrected chi connectivity index (χ1v) is 10.8. The molecular formula is C20H23NO4S2. The number of benzene rings is 2. The fourth-order valence-electron chi connectivity index (χ4n) is 2.50. The van der Waals surface area contributed by atoms with Crippen molar-refractivity contribution in [3.63, 3.8) is 0 Å². The van der Waals surface area contributed by atoms with Gasteiger partial charge in [-0.05, 0) is 42.0 Å². The molecule has 0 aliphatic carbocycles. The Morgan fingerprint density at radius 2 is 1.56 bits per heavy atom. The minimum absolute atomic E-state index is 0.00515. The summed E-state index contributed by atoms with van der Waals surface area (Å²) in [5.41, 5.74) is 1.30. The smallest absolute Gasteiger partial charge is 0.258 e. The van der Waals surface area contributed by atoms with Gasteiger partial charge in [0.15, 0.2) is 6.61 Å². The zero-order valence-electron chi connectivity index (χ0n) is 15.2. The second kappa shape index (κ2) is 10.4. The van der Waals surface area contributed by atoms with Gasteiger partial charge in [-0.3, -0.25) is 4.79 Å². The second-order valence-corrected chi connectivity index (χ2v) is 8.53. The minimum Gasteiger partial charge on any atom is -0.497 e. The molecule has 1 aliphatic heterocycles. The lowest BCUT2D eigenvalue weighted by Crippen LogP contribution is -2.32. The van der Waals surface area contributed by atoms with Crippen LogP contribution in [-0.2, 0) is 4.79 Å². The molecule has 0 spiro atoms. The average molecular weight is 406 g/mol. The van der Waals surface area contributed by atoms with Crippen LogP contribution in [-0.4, -0.2) is 44.3 Å². The lowest BCUT2D eigenvalue weighted by molar-refractivity contribution is -0.123. The normalized spacial score (nSPS) is 14.0. The summed E-state index contributed by atoms with van der Waals surface area (Å²) in [6.45, 7) is 0.807. The number of rotatable bonds is 9. The predicted octanol–water partition coefficient (Wildman–Crippen LogP) is 3.75. The van der Waals surface area contributed by atoms with Gasteiger partial charge >= 0.3 is 0 Å². The number of nitrogens with one attached hydrogen (secondary N) is 1. The number of hydrogen-bond acceptors (Lipinski definition) is 6. The Kier molecular flexibility index (Phi) is 7.59. The number of thioether (sulfide) groups is 2. The average Bonchev–Trinajstić information content (AvgIpc) is 3.25. The van der Waals surface area contributed by atoms with Gasteiger partial charge in [0.2, 0.25) is 0 Å². The third-order valence-electron chi connectivity index (χ3n) is 3.90. The molecule has 27 heavy (non-hydrogen) atoms. The zero-order chi connectivity index (χ0) is 18.9. The Morgan fingerprint density at radius 3 is 2.22 bits per heavy atom. The van der Waals surface area contributed by atoms with Crippen molar-refractivity contribution < 1.29 is 19.0 Å². The van der Waals surface area contributed by atoms with Crippen molar-refractivity contribution in [1.82, 2.24) is 5.32 Å². The van der Waals surface area contributed by atoms with Gasteiger partial charge in [0.05, 0.1) is 18.2 Å². The molecular weight excluding hydrogens is 382 g/mol. The first kappa shape index (κ1) is 19.8. The van der Waals surface area contributed by atoms with Crippen molar-refractivity contribution >= 4 is 29.4 Å². The molecule has 0 unspecified atom stereocenters. The first-order chi connectivity index (χ1) is 13.2. The van der Waals surface area contributed by atoms with E-state index in [0.29, 0.717) is 23.5 Å². The number of methoxy groups -OCH3 is 1. The van der Waals surface area contributed by atoms with Crippen molar-refractivity contribution in [1.29, 1.82) is 0 Å². The van der Waals surface area contributed by atoms with Crippen molar-refractivity contribution in [2.45, 2.75) is 4.58 Å². The van der Waals surface area contributed by atoms with E-state index in [1.165, 1.54) is 17.1 Å². The molecule has 1 amide bonds. The van der Waals surface area contributed by atoms with Crippen LogP contribution in [0.5, 0.6) is 17.2 Å². The molecule has 7 heteroatoms. The molecule has 1 saturated heterocycles. The molecule has 5 nitrogen and oxygen atoms in total. The zero-order valence-corrected chi connectivity index (χ0v) is 16.8. The van der Waals surface area contributed by atoms with E-state index in [1.54, 1.807) is 7.11 Å². The van der Waals surface area contributed by atoms with Crippen molar-refractivity contribution in [3.05, 3.63) is 54.1 Å². The predicted molar refractivity (Wildman–Crippen MR) is 111 cm³/mol. The summed E-state index contributed by atoms with van der Waals surface area (Å²) in [6.07, 6.45) is 0. The number of carbonyl (C=O) groups excluding carboxylic acids is 1. The van der Waals surface area contributed by atoms with Crippen molar-refractivity contribution in [2.75, 3.05) is 38.4 Å². The molecule has 2 aromatic rings. The number of carbonyl (C=O) groups is 1. The first-order valence-electron chi connectivity index (χ1n) is 8.74. The Balaban J connectivity index is 1.32. The highest BCUT2D eigenvalue weighted by molar-refractivity contribution is 8.19. The summed E-state index contributed by atoms with van der Waals surface area (Å²) in [5.74, 6) is 4.46. The summed E-state index contributed by atoms with van der Waals surface area (Å²) >= 11 is 3.94. The van der Waals surface area contributed by atoms with E-state index in [1.807, 2.05) is 59.9 Å². The molecule has 0 aromatic heterocycles. The molecule has 1 N–H and O–H groups in total. The molecule has 2 aromatic carbocycles. The van der Waals surface area contributed by atoms with Gasteiger partial charge in [0.25, 0.3) is 5.91 Å². The Morgan fingerprint density at radius 1 is 0.963 bits per heavy atom. The number of ether oxygens (including phenoxy) is 3. The van der Waals surface area contributed by atoms with Crippen LogP contribution in [0.3, 0.4) is 0 Å². The van der Waals surface area contributed by atoms with Crippen LogP contribution in [0.15, 0.2) is 48.5 Å². The van der Waals surface area contributed by atoms with Crippen LogP contribution in [0.2, 0.25) is 0 Å². The van der Waals surface area contributed by atoms with Gasteiger partial charge in [-0.1, -0.05) is 12.1 Å². The van der Waals surface area contributed by atoms with Crippen LogP contribution < -0.4 is 19.5 Å². The molecule has 144 valence electrons. The maximum atomic E-state index is 11.9. The van der Waals surface area contributed by atoms with E-state index in [2.05, 4.69) is 17.4 Å². The van der Waals surface area contributed by atoms with E-state index in [0.717, 1.165) is 11.5 Å². The van der Waals surface area contributed by atoms with E-state index in [9.17, 15) is 4.79 Å². The standard InChI is InChI=1S/C20H23NO4S2/c1-23-16-6-8-17(9-7-16)24-11-10-21-19(22)14-25-18-4-2-15(3-5-18)20-26-12-13-27-20/h2-9,20H,10-14H2,1H3,(H,21,22). The highest BCUT2D eigenvalue weighted by Gasteiger charge is 2.17. The number of hydrogen-bond donors (Lipinski definition) is 1. The highest BCUT2D eigenvalue weighted by Crippen LogP contribution is 2.45. The third kappa shape index (κ3) is 6.29. The monoisotopic (exact) mass is 405 g/mol. The largest absolute Gasteiger partial charge is 0.497 e. The molecule has 3 rings (SSSR count). The molecule has 0 atom stereocenters. The van der Waals surface area contributed by atoms with Gasteiger partial charge in [-0.15, -0.1) is 23.5 Å². The highest BCUT2D eigenvalue weighted by atomic mass is 32.2. The summed E-state index contributed by atoms with van der Waals surface area (Å²) in [7, 11) is 1.62. The SMILES string of the molecule is COc1ccc(OCCNC(=O)COc2ccc(C3SCCS3)cc2)cc1. The minimum atomic E-state index is -0.167. The van der Waals surface area contributed by atoms with E-state index in [4.69, 9.17) is 14.2 Å². The second-order valence-electron chi connectivity index (χ2n) is 5.81. The fourth-order valence-corrected chi connectivity index (χ4v) is 5.36. The maximum Gasteiger partial charge on any atom is 0.258 e. The maximum absolute atomic E-state index is 11.9. The summed E-state index contributed by atoms with van der Waals surface area (Å²) in [6, 6.07) is 15.3. The van der Waals surface area contributed by atoms with E-state index in [-0.39, 0.29) is 12.5 Å². The number of amides is 1. The van der Waals surface area contributed by atoms with Crippen LogP contribution in [0.25, 0.3) is 0 Å². The molecule has 1 fully saturated rings. The van der Waals surface area contributed by atoms with Crippen LogP contribution in [0, 0.1) is 0 Å². The van der Waals surface area contributed by atoms with Gasteiger partial charge in [0, 0.05) is 11.5 Å². The van der Waals surface area contributed by atoms with E-state index >= 15 is 0 Å². The summed E-state index contributed by atoms with van der Waals surface area (Å²) in [5, 5.41) is 2.78. The van der Waals surface area contributed by atoms with E-state index < -0.39 is 0 Å². The lowest BCUT2D eigenvalue weighted by atomic mass is 10.2. The summed E-state index contributed by atoms with van der Waals surface area (Å²) in [4.78, 5) is 11.9. The molecule has 1 aliphatic rings. The summed E-state index contributed by atoms with van der Waals surface area (Å²) < 4.78 is 16.7. The molecule has 0 saturated carbocycles. The van der Waals surface area contributed by atoms with Gasteiger partial charge in [-0.2, -0.15) is 0 Å². The Bertz CT molecular complexity index is 716. The van der Waals surface area contributed by atoms with Crippen molar-refractivity contribution in [2.24, 2.45) is 0 Å². The van der Waals surface area contributed by atoms with Crippen molar-refractivity contribution in [3.8, 4) is 17.2 Å².